The first-order valence-corrected chi connectivity index (χ1v) is 9.35. The van der Waals surface area contributed by atoms with Gasteiger partial charge in [-0.3, -0.25) is 9.59 Å². The first-order chi connectivity index (χ1) is 13.6. The molecule has 4 rings (SSSR count). The average Bonchev–Trinajstić information content (AvgIpc) is 3.46. The summed E-state index contributed by atoms with van der Waals surface area (Å²) in [5.74, 6) is 0.189. The molecule has 2 aromatic carbocycles. The lowest BCUT2D eigenvalue weighted by Crippen LogP contribution is -2.28. The Labute approximate surface area is 162 Å². The molecule has 7 heteroatoms. The summed E-state index contributed by atoms with van der Waals surface area (Å²) in [6.45, 7) is 0.156. The molecule has 1 fully saturated rings. The highest BCUT2D eigenvalue weighted by molar-refractivity contribution is 5.94. The maximum Gasteiger partial charge on any atom is 0.251 e. The van der Waals surface area contributed by atoms with Gasteiger partial charge in [-0.05, 0) is 42.7 Å². The van der Waals surface area contributed by atoms with Crippen LogP contribution in [-0.2, 0) is 24.5 Å². The van der Waals surface area contributed by atoms with Gasteiger partial charge in [-0.1, -0.05) is 24.3 Å². The Morgan fingerprint density at radius 3 is 2.75 bits per heavy atom. The van der Waals surface area contributed by atoms with Crippen molar-refractivity contribution in [3.63, 3.8) is 0 Å². The summed E-state index contributed by atoms with van der Waals surface area (Å²) < 4.78 is 1.71. The van der Waals surface area contributed by atoms with Crippen molar-refractivity contribution < 1.29 is 14.7 Å². The molecule has 1 saturated carbocycles. The van der Waals surface area contributed by atoms with Crippen molar-refractivity contribution in [1.29, 1.82) is 0 Å². The fourth-order valence-electron chi connectivity index (χ4n) is 3.14. The number of amides is 2. The van der Waals surface area contributed by atoms with Crippen molar-refractivity contribution in [1.82, 2.24) is 20.2 Å². The van der Waals surface area contributed by atoms with Crippen molar-refractivity contribution in [3.8, 4) is 0 Å². The molecule has 144 valence electrons. The standard InChI is InChI=1S/C21H22N4O3/c26-13-19-24-17-6-1-2-7-18(17)25(19)12-20(27)22-11-14-4-3-5-15(10-14)21(28)23-16-8-9-16/h1-7,10,16,26H,8-9,11-13H2,(H,22,27)(H,23,28). The van der Waals surface area contributed by atoms with Gasteiger partial charge in [0.05, 0.1) is 11.0 Å². The monoisotopic (exact) mass is 378 g/mol. The van der Waals surface area contributed by atoms with Gasteiger partial charge in [0.15, 0.2) is 0 Å². The lowest BCUT2D eigenvalue weighted by molar-refractivity contribution is -0.121. The van der Waals surface area contributed by atoms with Gasteiger partial charge in [-0.2, -0.15) is 0 Å². The van der Waals surface area contributed by atoms with Crippen LogP contribution in [0, 0.1) is 0 Å². The fourth-order valence-corrected chi connectivity index (χ4v) is 3.14. The Morgan fingerprint density at radius 2 is 1.96 bits per heavy atom. The minimum absolute atomic E-state index is 0.0677. The molecule has 1 heterocycles. The van der Waals surface area contributed by atoms with Crippen molar-refractivity contribution in [2.45, 2.75) is 38.6 Å². The number of aromatic nitrogens is 2. The van der Waals surface area contributed by atoms with Crippen LogP contribution in [0.1, 0.15) is 34.6 Å². The number of rotatable bonds is 7. The molecule has 0 unspecified atom stereocenters. The molecule has 28 heavy (non-hydrogen) atoms. The molecule has 1 aliphatic rings. The summed E-state index contributed by atoms with van der Waals surface area (Å²) in [5, 5.41) is 15.4. The van der Waals surface area contributed by atoms with E-state index in [2.05, 4.69) is 15.6 Å². The second kappa shape index (κ2) is 7.82. The van der Waals surface area contributed by atoms with Crippen molar-refractivity contribution >= 4 is 22.8 Å². The summed E-state index contributed by atoms with van der Waals surface area (Å²) in [7, 11) is 0. The van der Waals surface area contributed by atoms with Crippen LogP contribution in [0.25, 0.3) is 11.0 Å². The van der Waals surface area contributed by atoms with Crippen LogP contribution in [0.15, 0.2) is 48.5 Å². The number of fused-ring (bicyclic) bond motifs is 1. The van der Waals surface area contributed by atoms with E-state index in [1.807, 2.05) is 36.4 Å². The second-order valence-corrected chi connectivity index (χ2v) is 6.99. The Morgan fingerprint density at radius 1 is 1.14 bits per heavy atom. The third-order valence-corrected chi connectivity index (χ3v) is 4.77. The van der Waals surface area contributed by atoms with Gasteiger partial charge >= 0.3 is 0 Å². The molecule has 0 atom stereocenters. The zero-order valence-corrected chi connectivity index (χ0v) is 15.4. The predicted octanol–water partition coefficient (Wildman–Crippen LogP) is 1.74. The molecule has 1 aromatic heterocycles. The molecule has 1 aliphatic carbocycles. The Balaban J connectivity index is 1.40. The topological polar surface area (TPSA) is 96.2 Å². The highest BCUT2D eigenvalue weighted by Crippen LogP contribution is 2.19. The highest BCUT2D eigenvalue weighted by Gasteiger charge is 2.23. The van der Waals surface area contributed by atoms with E-state index in [0.29, 0.717) is 24.0 Å². The largest absolute Gasteiger partial charge is 0.388 e. The maximum atomic E-state index is 12.4. The van der Waals surface area contributed by atoms with Crippen LogP contribution in [0.5, 0.6) is 0 Å². The molecule has 7 nitrogen and oxygen atoms in total. The highest BCUT2D eigenvalue weighted by atomic mass is 16.3. The SMILES string of the molecule is O=C(Cn1c(CO)nc2ccccc21)NCc1cccc(C(=O)NC2CC2)c1. The van der Waals surface area contributed by atoms with Crippen molar-refractivity contribution in [2.75, 3.05) is 0 Å². The number of hydrogen-bond acceptors (Lipinski definition) is 4. The molecule has 0 spiro atoms. The molecule has 0 bridgehead atoms. The summed E-state index contributed by atoms with van der Waals surface area (Å²) >= 11 is 0. The number of aliphatic hydroxyl groups is 1. The van der Waals surface area contributed by atoms with Gasteiger partial charge in [0.25, 0.3) is 5.91 Å². The predicted molar refractivity (Wildman–Crippen MR) is 104 cm³/mol. The van der Waals surface area contributed by atoms with Crippen molar-refractivity contribution in [2.24, 2.45) is 0 Å². The summed E-state index contributed by atoms with van der Waals surface area (Å²) in [4.78, 5) is 29.0. The van der Waals surface area contributed by atoms with Crippen LogP contribution in [0.3, 0.4) is 0 Å². The van der Waals surface area contributed by atoms with E-state index in [-0.39, 0.29) is 25.0 Å². The fraction of sp³-hybridized carbons (Fsp3) is 0.286. The lowest BCUT2D eigenvalue weighted by atomic mass is 10.1. The molecular formula is C21H22N4O3. The number of carbonyl (C=O) groups excluding carboxylic acids is 2. The van der Waals surface area contributed by atoms with Gasteiger partial charge in [-0.25, -0.2) is 4.98 Å². The minimum atomic E-state index is -0.236. The van der Waals surface area contributed by atoms with Crippen LogP contribution in [-0.4, -0.2) is 32.5 Å². The number of imidazole rings is 1. The van der Waals surface area contributed by atoms with Gasteiger partial charge in [0.2, 0.25) is 5.91 Å². The first-order valence-electron chi connectivity index (χ1n) is 9.35. The van der Waals surface area contributed by atoms with E-state index in [4.69, 9.17) is 0 Å². The third kappa shape index (κ3) is 4.04. The van der Waals surface area contributed by atoms with E-state index in [9.17, 15) is 14.7 Å². The van der Waals surface area contributed by atoms with Crippen LogP contribution < -0.4 is 10.6 Å². The number of benzene rings is 2. The number of para-hydroxylation sites is 2. The third-order valence-electron chi connectivity index (χ3n) is 4.77. The minimum Gasteiger partial charge on any atom is -0.388 e. The van der Waals surface area contributed by atoms with E-state index in [0.717, 1.165) is 29.4 Å². The quantitative estimate of drug-likeness (QED) is 0.583. The van der Waals surface area contributed by atoms with E-state index >= 15 is 0 Å². The Kier molecular flexibility index (Phi) is 5.08. The second-order valence-electron chi connectivity index (χ2n) is 6.99. The van der Waals surface area contributed by atoms with Crippen LogP contribution in [0.4, 0.5) is 0 Å². The number of nitrogens with one attached hydrogen (secondary N) is 2. The van der Waals surface area contributed by atoms with Gasteiger partial charge in [-0.15, -0.1) is 0 Å². The summed E-state index contributed by atoms with van der Waals surface area (Å²) in [6.07, 6.45) is 2.08. The molecule has 3 aromatic rings. The van der Waals surface area contributed by atoms with Gasteiger partial charge in [0, 0.05) is 18.2 Å². The van der Waals surface area contributed by atoms with E-state index in [1.165, 1.54) is 0 Å². The summed E-state index contributed by atoms with van der Waals surface area (Å²) in [5.41, 5.74) is 3.01. The number of nitrogens with zero attached hydrogens (tertiary/aromatic N) is 2. The zero-order valence-electron chi connectivity index (χ0n) is 15.4. The first kappa shape index (κ1) is 18.2. The molecule has 0 radical (unpaired) electrons. The lowest BCUT2D eigenvalue weighted by Gasteiger charge is -2.10. The molecule has 3 N–H and O–H groups in total. The number of aliphatic hydroxyl groups excluding tert-OH is 1. The van der Waals surface area contributed by atoms with E-state index in [1.54, 1.807) is 16.7 Å². The Bertz CT molecular complexity index is 1020. The summed E-state index contributed by atoms with van der Waals surface area (Å²) in [6, 6.07) is 15.0. The number of carbonyl (C=O) groups is 2. The average molecular weight is 378 g/mol. The van der Waals surface area contributed by atoms with Crippen LogP contribution >= 0.6 is 0 Å². The zero-order chi connectivity index (χ0) is 19.5. The smallest absolute Gasteiger partial charge is 0.251 e. The normalized spacial score (nSPS) is 13.5. The molecule has 2 amide bonds. The van der Waals surface area contributed by atoms with Gasteiger partial charge < -0.3 is 20.3 Å². The van der Waals surface area contributed by atoms with Gasteiger partial charge in [0.1, 0.15) is 19.0 Å². The number of hydrogen-bond donors (Lipinski definition) is 3. The van der Waals surface area contributed by atoms with Crippen LogP contribution in [0.2, 0.25) is 0 Å². The molecule has 0 saturated heterocycles. The molecule has 0 aliphatic heterocycles. The van der Waals surface area contributed by atoms with E-state index < -0.39 is 0 Å². The van der Waals surface area contributed by atoms with Crippen molar-refractivity contribution in [3.05, 3.63) is 65.5 Å². The maximum absolute atomic E-state index is 12.4. The Hall–Kier alpha value is -3.19. The molecular weight excluding hydrogens is 356 g/mol.